The van der Waals surface area contributed by atoms with Crippen molar-refractivity contribution >= 4 is 23.3 Å². The first-order chi connectivity index (χ1) is 17.1. The highest BCUT2D eigenvalue weighted by Crippen LogP contribution is 2.30. The van der Waals surface area contributed by atoms with Crippen LogP contribution in [0.15, 0.2) is 54.6 Å². The summed E-state index contributed by atoms with van der Waals surface area (Å²) >= 11 is 0. The molecular weight excluding hydrogens is 475 g/mol. The molecule has 12 heteroatoms. The van der Waals surface area contributed by atoms with Gasteiger partial charge in [-0.05, 0) is 44.2 Å². The second-order valence-corrected chi connectivity index (χ2v) is 8.85. The number of aromatic nitrogens is 2. The standard InChI is InChI=1S/C24H24F3N7O2/c1-13-6-8-17(9-7-13)33-20-18(12-28-33)22(36)31-23(30-20)34-19(10-14(2)32-34)29-21(35)15-4-3-5-16(11-15)24(25,26)27/h3-11,18,20,23,28,30H,12H2,1-2H3,(H,29,35)(H,31,36). The van der Waals surface area contributed by atoms with E-state index in [1.54, 1.807) is 13.0 Å². The number of anilines is 2. The number of hydrogen-bond donors (Lipinski definition) is 4. The van der Waals surface area contributed by atoms with Crippen molar-refractivity contribution in [1.82, 2.24) is 25.8 Å². The van der Waals surface area contributed by atoms with Crippen molar-refractivity contribution in [2.45, 2.75) is 32.5 Å². The summed E-state index contributed by atoms with van der Waals surface area (Å²) in [5.41, 5.74) is 4.71. The summed E-state index contributed by atoms with van der Waals surface area (Å²) in [5, 5.41) is 15.1. The van der Waals surface area contributed by atoms with Crippen molar-refractivity contribution < 1.29 is 22.8 Å². The van der Waals surface area contributed by atoms with Gasteiger partial charge >= 0.3 is 6.18 Å². The van der Waals surface area contributed by atoms with E-state index in [0.717, 1.165) is 23.4 Å². The summed E-state index contributed by atoms with van der Waals surface area (Å²) in [6, 6.07) is 13.6. The number of halogens is 3. The highest BCUT2D eigenvalue weighted by atomic mass is 19.4. The van der Waals surface area contributed by atoms with Gasteiger partial charge in [0.25, 0.3) is 5.91 Å². The van der Waals surface area contributed by atoms with Gasteiger partial charge in [0.2, 0.25) is 5.91 Å². The zero-order valence-corrected chi connectivity index (χ0v) is 19.4. The Balaban J connectivity index is 1.39. The van der Waals surface area contributed by atoms with E-state index in [1.807, 2.05) is 36.2 Å². The van der Waals surface area contributed by atoms with Gasteiger partial charge in [-0.25, -0.2) is 10.1 Å². The van der Waals surface area contributed by atoms with Crippen LogP contribution in [0.1, 0.15) is 33.5 Å². The van der Waals surface area contributed by atoms with E-state index in [2.05, 4.69) is 26.5 Å². The largest absolute Gasteiger partial charge is 0.416 e. The van der Waals surface area contributed by atoms with Crippen molar-refractivity contribution in [3.63, 3.8) is 0 Å². The molecular formula is C24H24F3N7O2. The molecule has 2 aromatic carbocycles. The molecule has 2 fully saturated rings. The number of rotatable bonds is 4. The molecule has 0 radical (unpaired) electrons. The molecule has 0 bridgehead atoms. The van der Waals surface area contributed by atoms with Crippen molar-refractivity contribution in [3.8, 4) is 0 Å². The Hall–Kier alpha value is -3.90. The van der Waals surface area contributed by atoms with Crippen LogP contribution in [-0.2, 0) is 11.0 Å². The molecule has 3 aromatic rings. The van der Waals surface area contributed by atoms with E-state index in [-0.39, 0.29) is 23.2 Å². The predicted octanol–water partition coefficient (Wildman–Crippen LogP) is 2.91. The predicted molar refractivity (Wildman–Crippen MR) is 126 cm³/mol. The van der Waals surface area contributed by atoms with Crippen molar-refractivity contribution in [2.24, 2.45) is 5.92 Å². The van der Waals surface area contributed by atoms with Gasteiger partial charge < -0.3 is 10.6 Å². The van der Waals surface area contributed by atoms with Crippen LogP contribution < -0.4 is 26.4 Å². The van der Waals surface area contributed by atoms with Crippen LogP contribution in [0.3, 0.4) is 0 Å². The Morgan fingerprint density at radius 3 is 2.58 bits per heavy atom. The van der Waals surface area contributed by atoms with Crippen LogP contribution in [0.25, 0.3) is 0 Å². The fraction of sp³-hybridized carbons (Fsp3) is 0.292. The van der Waals surface area contributed by atoms with Gasteiger partial charge in [0, 0.05) is 18.2 Å². The average molecular weight is 499 g/mol. The van der Waals surface area contributed by atoms with E-state index in [0.29, 0.717) is 12.2 Å². The smallest absolute Gasteiger partial charge is 0.321 e. The van der Waals surface area contributed by atoms with E-state index in [4.69, 9.17) is 0 Å². The molecule has 5 rings (SSSR count). The minimum atomic E-state index is -4.57. The summed E-state index contributed by atoms with van der Waals surface area (Å²) < 4.78 is 40.7. The molecule has 3 atom stereocenters. The Bertz CT molecular complexity index is 1310. The first-order valence-corrected chi connectivity index (χ1v) is 11.3. The molecule has 0 aliphatic carbocycles. The van der Waals surface area contributed by atoms with Gasteiger partial charge in [-0.15, -0.1) is 0 Å². The van der Waals surface area contributed by atoms with Crippen LogP contribution in [0.4, 0.5) is 24.7 Å². The number of amides is 2. The molecule has 2 saturated heterocycles. The first-order valence-electron chi connectivity index (χ1n) is 11.3. The second kappa shape index (κ2) is 8.95. The monoisotopic (exact) mass is 499 g/mol. The van der Waals surface area contributed by atoms with Crippen molar-refractivity contribution in [1.29, 1.82) is 0 Å². The Morgan fingerprint density at radius 1 is 1.11 bits per heavy atom. The number of alkyl halides is 3. The molecule has 2 aliphatic rings. The van der Waals surface area contributed by atoms with Gasteiger partial charge in [-0.2, -0.15) is 18.3 Å². The van der Waals surface area contributed by atoms with E-state index in [9.17, 15) is 22.8 Å². The van der Waals surface area contributed by atoms with Gasteiger partial charge in [0.1, 0.15) is 12.0 Å². The number of nitrogens with one attached hydrogen (secondary N) is 4. The fourth-order valence-electron chi connectivity index (χ4n) is 4.38. The molecule has 36 heavy (non-hydrogen) atoms. The summed E-state index contributed by atoms with van der Waals surface area (Å²) in [6.45, 7) is 4.13. The number of hydrogen-bond acceptors (Lipinski definition) is 6. The van der Waals surface area contributed by atoms with Crippen LogP contribution in [0.2, 0.25) is 0 Å². The maximum absolute atomic E-state index is 13.1. The lowest BCUT2D eigenvalue weighted by Gasteiger charge is -2.37. The summed E-state index contributed by atoms with van der Waals surface area (Å²) in [6.07, 6.45) is -5.78. The topological polar surface area (TPSA) is 103 Å². The number of carbonyl (C=O) groups excluding carboxylic acids is 2. The minimum absolute atomic E-state index is 0.151. The van der Waals surface area contributed by atoms with Crippen LogP contribution in [0.5, 0.6) is 0 Å². The van der Waals surface area contributed by atoms with Gasteiger partial charge in [0.05, 0.1) is 22.9 Å². The van der Waals surface area contributed by atoms with Crippen LogP contribution in [-0.4, -0.2) is 34.3 Å². The van der Waals surface area contributed by atoms with Gasteiger partial charge in [-0.1, -0.05) is 23.8 Å². The molecule has 3 unspecified atom stereocenters. The van der Waals surface area contributed by atoms with Gasteiger partial charge in [0.15, 0.2) is 6.29 Å². The van der Waals surface area contributed by atoms with Gasteiger partial charge in [-0.3, -0.25) is 19.9 Å². The van der Waals surface area contributed by atoms with E-state index in [1.165, 1.54) is 16.8 Å². The molecule has 4 N–H and O–H groups in total. The van der Waals surface area contributed by atoms with Crippen LogP contribution >= 0.6 is 0 Å². The molecule has 2 amide bonds. The molecule has 0 spiro atoms. The SMILES string of the molecule is Cc1ccc(N2NCC3C(=O)NC(n4nc(C)cc4NC(=O)c4cccc(C(F)(F)F)c4)NC32)cc1. The lowest BCUT2D eigenvalue weighted by atomic mass is 10.0. The lowest BCUT2D eigenvalue weighted by Crippen LogP contribution is -2.61. The number of hydrazine groups is 1. The number of carbonyl (C=O) groups is 2. The molecule has 3 heterocycles. The second-order valence-electron chi connectivity index (χ2n) is 8.85. The zero-order chi connectivity index (χ0) is 25.6. The number of benzene rings is 2. The highest BCUT2D eigenvalue weighted by molar-refractivity contribution is 6.04. The quantitative estimate of drug-likeness (QED) is 0.440. The third-order valence-electron chi connectivity index (χ3n) is 6.19. The minimum Gasteiger partial charge on any atom is -0.321 e. The molecule has 9 nitrogen and oxygen atoms in total. The Morgan fingerprint density at radius 2 is 1.86 bits per heavy atom. The Kier molecular flexibility index (Phi) is 5.92. The third-order valence-corrected chi connectivity index (χ3v) is 6.19. The first kappa shape index (κ1) is 23.8. The van der Waals surface area contributed by atoms with Crippen molar-refractivity contribution in [3.05, 3.63) is 77.0 Å². The normalized spacial score (nSPS) is 21.8. The Labute approximate surface area is 204 Å². The number of nitrogens with zero attached hydrogens (tertiary/aromatic N) is 3. The highest BCUT2D eigenvalue weighted by Gasteiger charge is 2.45. The molecule has 188 valence electrons. The summed E-state index contributed by atoms with van der Waals surface area (Å²) in [7, 11) is 0. The molecule has 0 saturated carbocycles. The summed E-state index contributed by atoms with van der Waals surface area (Å²) in [5.74, 6) is -1.08. The van der Waals surface area contributed by atoms with Crippen LogP contribution in [0, 0.1) is 19.8 Å². The maximum Gasteiger partial charge on any atom is 0.416 e. The number of aryl methyl sites for hydroxylation is 2. The zero-order valence-electron chi connectivity index (χ0n) is 19.4. The summed E-state index contributed by atoms with van der Waals surface area (Å²) in [4.78, 5) is 25.7. The molecule has 2 aliphatic heterocycles. The van der Waals surface area contributed by atoms with E-state index >= 15 is 0 Å². The van der Waals surface area contributed by atoms with E-state index < -0.39 is 30.1 Å². The molecule has 1 aromatic heterocycles. The van der Waals surface area contributed by atoms with Crippen molar-refractivity contribution in [2.75, 3.05) is 16.9 Å². The number of fused-ring (bicyclic) bond motifs is 1. The third kappa shape index (κ3) is 4.52. The average Bonchev–Trinajstić information content (AvgIpc) is 3.42. The maximum atomic E-state index is 13.1. The lowest BCUT2D eigenvalue weighted by molar-refractivity contribution is -0.137. The fourth-order valence-corrected chi connectivity index (χ4v) is 4.38.